The third-order valence-electron chi connectivity index (χ3n) is 2.42. The molecule has 0 saturated carbocycles. The monoisotopic (exact) mass is 223 g/mol. The van der Waals surface area contributed by atoms with Crippen LogP contribution in [0.5, 0.6) is 0 Å². The van der Waals surface area contributed by atoms with Gasteiger partial charge in [0.2, 0.25) is 0 Å². The lowest BCUT2D eigenvalue weighted by Gasteiger charge is -2.10. The lowest BCUT2D eigenvalue weighted by molar-refractivity contribution is -0.138. The van der Waals surface area contributed by atoms with E-state index in [1.165, 1.54) is 0 Å². The number of aryl methyl sites for hydroxylation is 1. The van der Waals surface area contributed by atoms with E-state index in [9.17, 15) is 4.79 Å². The van der Waals surface area contributed by atoms with Gasteiger partial charge in [-0.25, -0.2) is 0 Å². The molecule has 1 unspecified atom stereocenters. The summed E-state index contributed by atoms with van der Waals surface area (Å²) in [6.07, 6.45) is 0.225. The number of rotatable bonds is 4. The van der Waals surface area contributed by atoms with E-state index in [1.54, 1.807) is 25.1 Å². The Labute approximate surface area is 93.7 Å². The number of aliphatic carboxylic acids is 1. The van der Waals surface area contributed by atoms with Gasteiger partial charge in [-0.05, 0) is 29.9 Å². The van der Waals surface area contributed by atoms with Gasteiger partial charge in [0.25, 0.3) is 0 Å². The Bertz CT molecular complexity index is 394. The molecule has 0 radical (unpaired) electrons. The van der Waals surface area contributed by atoms with Crippen molar-refractivity contribution >= 4 is 18.6 Å². The normalized spacial score (nSPS) is 12.2. The SMILES string of the molecule is Cc1cc(B(O)O)ccc1CC(N)C(=O)O. The number of hydrogen-bond acceptors (Lipinski definition) is 4. The zero-order valence-corrected chi connectivity index (χ0v) is 8.92. The van der Waals surface area contributed by atoms with Crippen molar-refractivity contribution < 1.29 is 19.9 Å². The summed E-state index contributed by atoms with van der Waals surface area (Å²) in [5.41, 5.74) is 7.38. The van der Waals surface area contributed by atoms with Crippen LogP contribution in [0.3, 0.4) is 0 Å². The fourth-order valence-electron chi connectivity index (χ4n) is 1.43. The number of nitrogens with two attached hydrogens (primary N) is 1. The molecule has 1 rings (SSSR count). The van der Waals surface area contributed by atoms with Crippen molar-refractivity contribution in [1.82, 2.24) is 0 Å². The molecule has 1 aromatic carbocycles. The maximum Gasteiger partial charge on any atom is 0.488 e. The van der Waals surface area contributed by atoms with E-state index in [1.807, 2.05) is 0 Å². The largest absolute Gasteiger partial charge is 0.488 e. The first-order chi connectivity index (χ1) is 7.41. The molecule has 0 aliphatic heterocycles. The molecular weight excluding hydrogens is 209 g/mol. The average molecular weight is 223 g/mol. The van der Waals surface area contributed by atoms with Crippen LogP contribution in [0.1, 0.15) is 11.1 Å². The van der Waals surface area contributed by atoms with Gasteiger partial charge in [-0.3, -0.25) is 4.79 Å². The summed E-state index contributed by atoms with van der Waals surface area (Å²) >= 11 is 0. The van der Waals surface area contributed by atoms with E-state index in [0.29, 0.717) is 5.46 Å². The topological polar surface area (TPSA) is 104 Å². The summed E-state index contributed by atoms with van der Waals surface area (Å²) in [6.45, 7) is 1.77. The average Bonchev–Trinajstić information content (AvgIpc) is 2.20. The number of carbonyl (C=O) groups is 1. The Morgan fingerprint density at radius 1 is 1.50 bits per heavy atom. The van der Waals surface area contributed by atoms with Crippen LogP contribution in [0.4, 0.5) is 0 Å². The van der Waals surface area contributed by atoms with Crippen LogP contribution in [-0.4, -0.2) is 34.3 Å². The zero-order chi connectivity index (χ0) is 12.3. The van der Waals surface area contributed by atoms with Crippen LogP contribution in [0.2, 0.25) is 0 Å². The van der Waals surface area contributed by atoms with E-state index in [-0.39, 0.29) is 6.42 Å². The van der Waals surface area contributed by atoms with Gasteiger partial charge in [0.05, 0.1) is 0 Å². The smallest absolute Gasteiger partial charge is 0.480 e. The van der Waals surface area contributed by atoms with Crippen LogP contribution in [-0.2, 0) is 11.2 Å². The second-order valence-corrected chi connectivity index (χ2v) is 3.71. The fraction of sp³-hybridized carbons (Fsp3) is 0.300. The van der Waals surface area contributed by atoms with Gasteiger partial charge >= 0.3 is 13.1 Å². The minimum atomic E-state index is -1.51. The van der Waals surface area contributed by atoms with Crippen molar-refractivity contribution in [1.29, 1.82) is 0 Å². The number of carboxylic acid groups (broad SMARTS) is 1. The van der Waals surface area contributed by atoms with Crippen molar-refractivity contribution in [2.75, 3.05) is 0 Å². The molecule has 0 fully saturated rings. The molecule has 0 bridgehead atoms. The molecule has 0 aromatic heterocycles. The maximum atomic E-state index is 10.6. The molecule has 1 atom stereocenters. The van der Waals surface area contributed by atoms with Gasteiger partial charge in [0.15, 0.2) is 0 Å². The summed E-state index contributed by atoms with van der Waals surface area (Å²) in [7, 11) is -1.51. The number of hydrogen-bond donors (Lipinski definition) is 4. The standard InChI is InChI=1S/C10H14BNO4/c1-6-4-8(11(15)16)3-2-7(6)5-9(12)10(13)14/h2-4,9,15-16H,5,12H2,1H3,(H,13,14). The van der Waals surface area contributed by atoms with Gasteiger partial charge in [0, 0.05) is 0 Å². The first-order valence-corrected chi connectivity index (χ1v) is 4.85. The fourth-order valence-corrected chi connectivity index (χ4v) is 1.43. The first kappa shape index (κ1) is 12.7. The highest BCUT2D eigenvalue weighted by molar-refractivity contribution is 6.58. The zero-order valence-electron chi connectivity index (χ0n) is 8.92. The highest BCUT2D eigenvalue weighted by Gasteiger charge is 2.16. The van der Waals surface area contributed by atoms with Gasteiger partial charge in [0.1, 0.15) is 6.04 Å². The molecule has 6 heteroatoms. The Morgan fingerprint density at radius 2 is 2.12 bits per heavy atom. The summed E-state index contributed by atoms with van der Waals surface area (Å²) < 4.78 is 0. The number of carboxylic acids is 1. The second-order valence-electron chi connectivity index (χ2n) is 3.71. The van der Waals surface area contributed by atoms with E-state index < -0.39 is 19.1 Å². The maximum absolute atomic E-state index is 10.6. The molecule has 0 spiro atoms. The van der Waals surface area contributed by atoms with Crippen LogP contribution in [0, 0.1) is 6.92 Å². The van der Waals surface area contributed by atoms with Crippen LogP contribution in [0.25, 0.3) is 0 Å². The van der Waals surface area contributed by atoms with Gasteiger partial charge in [-0.2, -0.15) is 0 Å². The summed E-state index contributed by atoms with van der Waals surface area (Å²) in [5.74, 6) is -1.05. The van der Waals surface area contributed by atoms with Gasteiger partial charge < -0.3 is 20.9 Å². The van der Waals surface area contributed by atoms with Crippen molar-refractivity contribution in [3.05, 3.63) is 29.3 Å². The number of benzene rings is 1. The molecule has 0 saturated heterocycles. The van der Waals surface area contributed by atoms with Crippen molar-refractivity contribution in [3.8, 4) is 0 Å². The Kier molecular flexibility index (Phi) is 4.06. The lowest BCUT2D eigenvalue weighted by Crippen LogP contribution is -2.33. The third-order valence-corrected chi connectivity index (χ3v) is 2.42. The van der Waals surface area contributed by atoms with Crippen LogP contribution < -0.4 is 11.2 Å². The first-order valence-electron chi connectivity index (χ1n) is 4.85. The van der Waals surface area contributed by atoms with Gasteiger partial charge in [-0.1, -0.05) is 18.2 Å². The molecule has 16 heavy (non-hydrogen) atoms. The van der Waals surface area contributed by atoms with E-state index >= 15 is 0 Å². The second kappa shape index (κ2) is 5.11. The highest BCUT2D eigenvalue weighted by atomic mass is 16.4. The van der Waals surface area contributed by atoms with Crippen LogP contribution in [0.15, 0.2) is 18.2 Å². The molecule has 0 aliphatic carbocycles. The van der Waals surface area contributed by atoms with Crippen molar-refractivity contribution in [2.24, 2.45) is 5.73 Å². The Morgan fingerprint density at radius 3 is 2.56 bits per heavy atom. The highest BCUT2D eigenvalue weighted by Crippen LogP contribution is 2.08. The molecule has 5 nitrogen and oxygen atoms in total. The van der Waals surface area contributed by atoms with E-state index in [2.05, 4.69) is 0 Å². The Hall–Kier alpha value is -1.37. The molecule has 86 valence electrons. The lowest BCUT2D eigenvalue weighted by atomic mass is 9.78. The molecule has 0 amide bonds. The molecule has 1 aromatic rings. The summed E-state index contributed by atoms with van der Waals surface area (Å²) in [6, 6.07) is 3.87. The molecule has 0 heterocycles. The predicted octanol–water partition coefficient (Wildman–Crippen LogP) is -1.37. The minimum absolute atomic E-state index is 0.225. The van der Waals surface area contributed by atoms with E-state index in [4.69, 9.17) is 20.9 Å². The van der Waals surface area contributed by atoms with E-state index in [0.717, 1.165) is 11.1 Å². The Balaban J connectivity index is 2.87. The third kappa shape index (κ3) is 3.06. The van der Waals surface area contributed by atoms with Crippen LogP contribution >= 0.6 is 0 Å². The quantitative estimate of drug-likeness (QED) is 0.471. The summed E-state index contributed by atoms with van der Waals surface area (Å²) in [5, 5.41) is 26.6. The minimum Gasteiger partial charge on any atom is -0.480 e. The molecule has 5 N–H and O–H groups in total. The van der Waals surface area contributed by atoms with Gasteiger partial charge in [-0.15, -0.1) is 0 Å². The molecular formula is C10H14BNO4. The van der Waals surface area contributed by atoms with Crippen molar-refractivity contribution in [2.45, 2.75) is 19.4 Å². The molecule has 0 aliphatic rings. The predicted molar refractivity (Wildman–Crippen MR) is 60.3 cm³/mol. The summed E-state index contributed by atoms with van der Waals surface area (Å²) in [4.78, 5) is 10.6. The van der Waals surface area contributed by atoms with Crippen molar-refractivity contribution in [3.63, 3.8) is 0 Å².